The first kappa shape index (κ1) is 10.4. The van der Waals surface area contributed by atoms with Gasteiger partial charge in [0.25, 0.3) is 0 Å². The Hall–Kier alpha value is -0.120. The summed E-state index contributed by atoms with van der Waals surface area (Å²) in [6.45, 7) is 7.74. The molecule has 3 heteroatoms. The van der Waals surface area contributed by atoms with Gasteiger partial charge in [-0.1, -0.05) is 13.8 Å². The molecule has 0 saturated carbocycles. The van der Waals surface area contributed by atoms with Crippen LogP contribution in [-0.4, -0.2) is 42.2 Å². The van der Waals surface area contributed by atoms with E-state index in [0.717, 1.165) is 6.54 Å². The largest absolute Gasteiger partial charge is 0.329 e. The fourth-order valence-corrected chi connectivity index (χ4v) is 3.27. The normalized spacial score (nSPS) is 38.1. The first-order valence-electron chi connectivity index (χ1n) is 5.90. The van der Waals surface area contributed by atoms with E-state index >= 15 is 0 Å². The smallest absolute Gasteiger partial charge is 0.0475 e. The first-order chi connectivity index (χ1) is 6.68. The second-order valence-electron chi connectivity index (χ2n) is 5.10. The van der Waals surface area contributed by atoms with Crippen molar-refractivity contribution in [3.63, 3.8) is 0 Å². The van der Waals surface area contributed by atoms with Crippen LogP contribution in [0.5, 0.6) is 0 Å². The van der Waals surface area contributed by atoms with E-state index in [2.05, 4.69) is 24.1 Å². The first-order valence-corrected chi connectivity index (χ1v) is 5.90. The van der Waals surface area contributed by atoms with E-state index in [4.69, 9.17) is 5.73 Å². The van der Waals surface area contributed by atoms with Crippen LogP contribution in [0.15, 0.2) is 0 Å². The van der Waals surface area contributed by atoms with Crippen molar-refractivity contribution in [3.8, 4) is 0 Å². The molecule has 0 aromatic carbocycles. The van der Waals surface area contributed by atoms with Gasteiger partial charge in [-0.2, -0.15) is 0 Å². The molecule has 2 heterocycles. The summed E-state index contributed by atoms with van der Waals surface area (Å²) in [5.74, 6) is 0. The summed E-state index contributed by atoms with van der Waals surface area (Å²) < 4.78 is 0. The van der Waals surface area contributed by atoms with Crippen LogP contribution in [0.3, 0.4) is 0 Å². The Morgan fingerprint density at radius 1 is 1.50 bits per heavy atom. The van der Waals surface area contributed by atoms with E-state index in [1.165, 1.54) is 32.4 Å². The maximum atomic E-state index is 5.98. The molecule has 2 unspecified atom stereocenters. The zero-order valence-corrected chi connectivity index (χ0v) is 9.42. The van der Waals surface area contributed by atoms with Gasteiger partial charge in [-0.3, -0.25) is 4.90 Å². The highest BCUT2D eigenvalue weighted by molar-refractivity contribution is 5.09. The minimum atomic E-state index is 0.213. The summed E-state index contributed by atoms with van der Waals surface area (Å²) in [7, 11) is 0. The number of nitrogens with one attached hydrogen (secondary N) is 1. The SMILES string of the molecule is CC(C)NC1(CN)CCN2CCCC21. The Balaban J connectivity index is 2.11. The molecular weight excluding hydrogens is 174 g/mol. The topological polar surface area (TPSA) is 41.3 Å². The maximum absolute atomic E-state index is 5.98. The monoisotopic (exact) mass is 197 g/mol. The number of fused-ring (bicyclic) bond motifs is 1. The van der Waals surface area contributed by atoms with Crippen molar-refractivity contribution in [2.24, 2.45) is 5.73 Å². The fourth-order valence-electron chi connectivity index (χ4n) is 3.27. The molecule has 3 N–H and O–H groups in total. The van der Waals surface area contributed by atoms with Crippen molar-refractivity contribution in [2.75, 3.05) is 19.6 Å². The molecule has 0 spiro atoms. The van der Waals surface area contributed by atoms with Crippen molar-refractivity contribution in [2.45, 2.75) is 50.7 Å². The summed E-state index contributed by atoms with van der Waals surface area (Å²) in [6.07, 6.45) is 3.91. The van der Waals surface area contributed by atoms with Crippen LogP contribution in [0.4, 0.5) is 0 Å². The molecule has 0 aromatic rings. The Kier molecular flexibility index (Phi) is 2.82. The van der Waals surface area contributed by atoms with Crippen molar-refractivity contribution >= 4 is 0 Å². The summed E-state index contributed by atoms with van der Waals surface area (Å²) in [6, 6.07) is 1.24. The van der Waals surface area contributed by atoms with Gasteiger partial charge in [0.15, 0.2) is 0 Å². The Morgan fingerprint density at radius 3 is 2.93 bits per heavy atom. The highest BCUT2D eigenvalue weighted by Gasteiger charge is 2.48. The summed E-state index contributed by atoms with van der Waals surface area (Å²) in [4.78, 5) is 2.61. The molecule has 0 aliphatic carbocycles. The second kappa shape index (κ2) is 3.80. The van der Waals surface area contributed by atoms with E-state index in [1.54, 1.807) is 0 Å². The van der Waals surface area contributed by atoms with Gasteiger partial charge in [0.1, 0.15) is 0 Å². The Morgan fingerprint density at radius 2 is 2.29 bits per heavy atom. The zero-order chi connectivity index (χ0) is 10.2. The van der Waals surface area contributed by atoms with Crippen molar-refractivity contribution in [1.82, 2.24) is 10.2 Å². The van der Waals surface area contributed by atoms with Gasteiger partial charge in [0.2, 0.25) is 0 Å². The van der Waals surface area contributed by atoms with Gasteiger partial charge >= 0.3 is 0 Å². The van der Waals surface area contributed by atoms with Crippen molar-refractivity contribution in [1.29, 1.82) is 0 Å². The van der Waals surface area contributed by atoms with E-state index in [-0.39, 0.29) is 5.54 Å². The quantitative estimate of drug-likeness (QED) is 0.694. The average molecular weight is 197 g/mol. The van der Waals surface area contributed by atoms with Gasteiger partial charge in [-0.05, 0) is 25.8 Å². The van der Waals surface area contributed by atoms with Gasteiger partial charge in [0.05, 0.1) is 0 Å². The lowest BCUT2D eigenvalue weighted by atomic mass is 9.88. The Bertz CT molecular complexity index is 205. The summed E-state index contributed by atoms with van der Waals surface area (Å²) in [5, 5.41) is 3.71. The molecule has 82 valence electrons. The molecule has 2 atom stereocenters. The van der Waals surface area contributed by atoms with Crippen LogP contribution in [0.2, 0.25) is 0 Å². The van der Waals surface area contributed by atoms with Gasteiger partial charge in [-0.15, -0.1) is 0 Å². The molecule has 2 aliphatic rings. The number of nitrogens with two attached hydrogens (primary N) is 1. The number of hydrogen-bond donors (Lipinski definition) is 2. The fraction of sp³-hybridized carbons (Fsp3) is 1.00. The van der Waals surface area contributed by atoms with Crippen LogP contribution in [0.1, 0.15) is 33.1 Å². The average Bonchev–Trinajstić information content (AvgIpc) is 2.68. The third kappa shape index (κ3) is 1.58. The molecule has 0 amide bonds. The molecule has 0 aromatic heterocycles. The molecule has 3 nitrogen and oxygen atoms in total. The lowest BCUT2D eigenvalue weighted by Gasteiger charge is -2.37. The predicted molar refractivity (Wildman–Crippen MR) is 59.3 cm³/mol. The molecule has 0 radical (unpaired) electrons. The van der Waals surface area contributed by atoms with Gasteiger partial charge in [0, 0.05) is 30.7 Å². The number of rotatable bonds is 3. The van der Waals surface area contributed by atoms with E-state index < -0.39 is 0 Å². The third-order valence-electron chi connectivity index (χ3n) is 3.79. The highest BCUT2D eigenvalue weighted by Crippen LogP contribution is 2.35. The molecular formula is C11H23N3. The van der Waals surface area contributed by atoms with Crippen LogP contribution >= 0.6 is 0 Å². The van der Waals surface area contributed by atoms with Gasteiger partial charge < -0.3 is 11.1 Å². The highest BCUT2D eigenvalue weighted by atomic mass is 15.3. The molecule has 0 bridgehead atoms. The van der Waals surface area contributed by atoms with Crippen LogP contribution in [0, 0.1) is 0 Å². The molecule has 2 fully saturated rings. The molecule has 2 rings (SSSR count). The number of hydrogen-bond acceptors (Lipinski definition) is 3. The van der Waals surface area contributed by atoms with E-state index in [0.29, 0.717) is 12.1 Å². The van der Waals surface area contributed by atoms with Crippen LogP contribution in [-0.2, 0) is 0 Å². The predicted octanol–water partition coefficient (Wildman–Crippen LogP) is 0.550. The number of nitrogens with zero attached hydrogens (tertiary/aromatic N) is 1. The molecule has 2 saturated heterocycles. The molecule has 2 aliphatic heterocycles. The lowest BCUT2D eigenvalue weighted by molar-refractivity contribution is 0.217. The van der Waals surface area contributed by atoms with E-state index in [1.807, 2.05) is 0 Å². The Labute approximate surface area is 87.0 Å². The van der Waals surface area contributed by atoms with Crippen molar-refractivity contribution < 1.29 is 0 Å². The minimum absolute atomic E-state index is 0.213. The lowest BCUT2D eigenvalue weighted by Crippen LogP contribution is -2.59. The minimum Gasteiger partial charge on any atom is -0.329 e. The summed E-state index contributed by atoms with van der Waals surface area (Å²) in [5.41, 5.74) is 6.20. The van der Waals surface area contributed by atoms with Crippen LogP contribution < -0.4 is 11.1 Å². The third-order valence-corrected chi connectivity index (χ3v) is 3.79. The zero-order valence-electron chi connectivity index (χ0n) is 9.42. The maximum Gasteiger partial charge on any atom is 0.0475 e. The van der Waals surface area contributed by atoms with Gasteiger partial charge in [-0.25, -0.2) is 0 Å². The van der Waals surface area contributed by atoms with E-state index in [9.17, 15) is 0 Å². The van der Waals surface area contributed by atoms with Crippen LogP contribution in [0.25, 0.3) is 0 Å². The summed E-state index contributed by atoms with van der Waals surface area (Å²) >= 11 is 0. The molecule has 14 heavy (non-hydrogen) atoms. The van der Waals surface area contributed by atoms with Crippen molar-refractivity contribution in [3.05, 3.63) is 0 Å². The second-order valence-corrected chi connectivity index (χ2v) is 5.10. The standard InChI is InChI=1S/C11H23N3/c1-9(2)13-11(8-12)5-7-14-6-3-4-10(11)14/h9-10,13H,3-8,12H2,1-2H3.